The van der Waals surface area contributed by atoms with Crippen molar-refractivity contribution in [2.24, 2.45) is 0 Å². The Balaban J connectivity index is 2.22. The molecule has 0 aliphatic rings. The maximum atomic E-state index is 9.02. The zero-order chi connectivity index (χ0) is 13.8. The molecule has 0 amide bonds. The normalized spacial score (nSPS) is 10.2. The van der Waals surface area contributed by atoms with Gasteiger partial charge in [0.15, 0.2) is 0 Å². The Hall–Kier alpha value is -1.80. The van der Waals surface area contributed by atoms with Gasteiger partial charge in [-0.3, -0.25) is 4.68 Å². The van der Waals surface area contributed by atoms with Gasteiger partial charge < -0.3 is 4.74 Å². The highest BCUT2D eigenvalue weighted by Crippen LogP contribution is 2.24. The highest BCUT2D eigenvalue weighted by atomic mass is 79.9. The molecule has 98 valence electrons. The third-order valence-corrected chi connectivity index (χ3v) is 3.86. The van der Waals surface area contributed by atoms with Crippen molar-refractivity contribution in [1.82, 2.24) is 9.78 Å². The van der Waals surface area contributed by atoms with E-state index in [0.717, 1.165) is 22.4 Å². The molecule has 2 aromatic rings. The van der Waals surface area contributed by atoms with Crippen molar-refractivity contribution in [3.05, 3.63) is 45.7 Å². The number of ether oxygens (including phenoxy) is 1. The molecule has 0 spiro atoms. The lowest BCUT2D eigenvalue weighted by molar-refractivity contribution is 0.291. The molecule has 0 radical (unpaired) electrons. The van der Waals surface area contributed by atoms with Gasteiger partial charge in [0.2, 0.25) is 0 Å². The number of nitrogens with zero attached hydrogens (tertiary/aromatic N) is 3. The monoisotopic (exact) mass is 319 g/mol. The van der Waals surface area contributed by atoms with Crippen LogP contribution in [0.1, 0.15) is 23.9 Å². The van der Waals surface area contributed by atoms with Gasteiger partial charge >= 0.3 is 0 Å². The second-order valence-electron chi connectivity index (χ2n) is 4.06. The molecule has 2 rings (SSSR count). The second-order valence-corrected chi connectivity index (χ2v) is 4.85. The van der Waals surface area contributed by atoms with Crippen LogP contribution < -0.4 is 4.74 Å². The summed E-state index contributed by atoms with van der Waals surface area (Å²) in [5.74, 6) is 0.596. The largest absolute Gasteiger partial charge is 0.486 e. The average molecular weight is 320 g/mol. The smallest absolute Gasteiger partial charge is 0.137 e. The summed E-state index contributed by atoms with van der Waals surface area (Å²) in [6, 6.07) is 9.34. The van der Waals surface area contributed by atoms with Crippen LogP contribution in [0, 0.1) is 18.3 Å². The van der Waals surface area contributed by atoms with Crippen LogP contribution in [0.4, 0.5) is 0 Å². The Morgan fingerprint density at radius 2 is 2.16 bits per heavy atom. The summed E-state index contributed by atoms with van der Waals surface area (Å²) < 4.78 is 8.60. The number of hydrogen-bond acceptors (Lipinski definition) is 3. The van der Waals surface area contributed by atoms with Crippen molar-refractivity contribution in [1.29, 1.82) is 5.26 Å². The lowest BCUT2D eigenvalue weighted by Gasteiger charge is -2.09. The van der Waals surface area contributed by atoms with Gasteiger partial charge in [0.1, 0.15) is 18.4 Å². The third-order valence-electron chi connectivity index (χ3n) is 2.82. The molecule has 19 heavy (non-hydrogen) atoms. The first-order valence-electron chi connectivity index (χ1n) is 6.01. The van der Waals surface area contributed by atoms with E-state index in [2.05, 4.69) is 27.1 Å². The summed E-state index contributed by atoms with van der Waals surface area (Å²) >= 11 is 3.52. The minimum atomic E-state index is 0.383. The van der Waals surface area contributed by atoms with E-state index in [1.165, 1.54) is 0 Å². The fourth-order valence-corrected chi connectivity index (χ4v) is 2.24. The first-order valence-corrected chi connectivity index (χ1v) is 6.80. The predicted molar refractivity (Wildman–Crippen MR) is 75.8 cm³/mol. The summed E-state index contributed by atoms with van der Waals surface area (Å²) in [7, 11) is 0. The Morgan fingerprint density at radius 3 is 2.84 bits per heavy atom. The molecule has 0 saturated carbocycles. The van der Waals surface area contributed by atoms with Gasteiger partial charge in [-0.15, -0.1) is 0 Å². The lowest BCUT2D eigenvalue weighted by atomic mass is 10.2. The van der Waals surface area contributed by atoms with E-state index in [1.54, 1.807) is 12.1 Å². The summed E-state index contributed by atoms with van der Waals surface area (Å²) in [5, 5.41) is 13.4. The molecule has 0 N–H and O–H groups in total. The number of hydrogen-bond donors (Lipinski definition) is 0. The fraction of sp³-hybridized carbons (Fsp3) is 0.286. The number of aromatic nitrogens is 2. The lowest BCUT2D eigenvalue weighted by Crippen LogP contribution is -2.07. The van der Waals surface area contributed by atoms with Gasteiger partial charge in [0.05, 0.1) is 21.4 Å². The average Bonchev–Trinajstić information content (AvgIpc) is 2.72. The zero-order valence-electron chi connectivity index (χ0n) is 10.9. The van der Waals surface area contributed by atoms with E-state index in [1.807, 2.05) is 30.7 Å². The molecule has 4 nitrogen and oxygen atoms in total. The topological polar surface area (TPSA) is 50.8 Å². The van der Waals surface area contributed by atoms with Gasteiger partial charge in [-0.05, 0) is 41.9 Å². The maximum absolute atomic E-state index is 9.02. The molecule has 0 aliphatic heterocycles. The van der Waals surface area contributed by atoms with Crippen LogP contribution in [0.3, 0.4) is 0 Å². The summed E-state index contributed by atoms with van der Waals surface area (Å²) in [6.45, 7) is 5.15. The Kier molecular flexibility index (Phi) is 4.23. The van der Waals surface area contributed by atoms with Crippen LogP contribution in [-0.4, -0.2) is 9.78 Å². The van der Waals surface area contributed by atoms with Crippen LogP contribution in [0.5, 0.6) is 5.75 Å². The first kappa shape index (κ1) is 13.6. The number of aryl methyl sites for hydroxylation is 2. The van der Waals surface area contributed by atoms with Crippen LogP contribution >= 0.6 is 15.9 Å². The highest BCUT2D eigenvalue weighted by Gasteiger charge is 2.13. The van der Waals surface area contributed by atoms with Crippen molar-refractivity contribution in [2.45, 2.75) is 27.0 Å². The van der Waals surface area contributed by atoms with Crippen molar-refractivity contribution in [3.8, 4) is 11.8 Å². The van der Waals surface area contributed by atoms with Gasteiger partial charge in [-0.25, -0.2) is 0 Å². The summed E-state index contributed by atoms with van der Waals surface area (Å²) in [5.41, 5.74) is 2.46. The molecular formula is C14H14BrN3O. The minimum Gasteiger partial charge on any atom is -0.486 e. The van der Waals surface area contributed by atoms with Crippen LogP contribution in [-0.2, 0) is 13.2 Å². The van der Waals surface area contributed by atoms with Gasteiger partial charge in [-0.2, -0.15) is 10.4 Å². The molecule has 1 aromatic carbocycles. The number of halogens is 1. The SMILES string of the molecule is CCn1nc(C)c(Br)c1COc1ccccc1C#N. The molecule has 0 fully saturated rings. The van der Waals surface area contributed by atoms with Crippen molar-refractivity contribution in [2.75, 3.05) is 0 Å². The number of benzene rings is 1. The Labute approximate surface area is 120 Å². The molecule has 0 saturated heterocycles. The molecule has 1 heterocycles. The van der Waals surface area contributed by atoms with E-state index < -0.39 is 0 Å². The Morgan fingerprint density at radius 1 is 1.42 bits per heavy atom. The van der Waals surface area contributed by atoms with Crippen molar-refractivity contribution in [3.63, 3.8) is 0 Å². The van der Waals surface area contributed by atoms with Crippen LogP contribution in [0.25, 0.3) is 0 Å². The summed E-state index contributed by atoms with van der Waals surface area (Å²) in [6.07, 6.45) is 0. The van der Waals surface area contributed by atoms with E-state index in [9.17, 15) is 0 Å². The summed E-state index contributed by atoms with van der Waals surface area (Å²) in [4.78, 5) is 0. The molecule has 0 aliphatic carbocycles. The molecule has 0 unspecified atom stereocenters. The first-order chi connectivity index (χ1) is 9.17. The van der Waals surface area contributed by atoms with Crippen LogP contribution in [0.15, 0.2) is 28.7 Å². The van der Waals surface area contributed by atoms with E-state index in [0.29, 0.717) is 17.9 Å². The van der Waals surface area contributed by atoms with Gasteiger partial charge in [0, 0.05) is 6.54 Å². The zero-order valence-corrected chi connectivity index (χ0v) is 12.4. The number of rotatable bonds is 4. The third kappa shape index (κ3) is 2.79. The van der Waals surface area contributed by atoms with Crippen LogP contribution in [0.2, 0.25) is 0 Å². The van der Waals surface area contributed by atoms with Gasteiger partial charge in [0.25, 0.3) is 0 Å². The number of para-hydroxylation sites is 1. The maximum Gasteiger partial charge on any atom is 0.137 e. The van der Waals surface area contributed by atoms with E-state index >= 15 is 0 Å². The molecule has 0 atom stereocenters. The standard InChI is InChI=1S/C14H14BrN3O/c1-3-18-12(14(15)10(2)17-18)9-19-13-7-5-4-6-11(13)8-16/h4-7H,3,9H2,1-2H3. The fourth-order valence-electron chi connectivity index (χ4n) is 1.84. The number of nitriles is 1. The highest BCUT2D eigenvalue weighted by molar-refractivity contribution is 9.10. The quantitative estimate of drug-likeness (QED) is 0.867. The predicted octanol–water partition coefficient (Wildman–Crippen LogP) is 3.42. The minimum absolute atomic E-state index is 0.383. The Bertz CT molecular complexity index is 628. The van der Waals surface area contributed by atoms with E-state index in [-0.39, 0.29) is 0 Å². The molecule has 1 aromatic heterocycles. The van der Waals surface area contributed by atoms with Crippen molar-refractivity contribution < 1.29 is 4.74 Å². The molecule has 0 bridgehead atoms. The van der Waals surface area contributed by atoms with Crippen molar-refractivity contribution >= 4 is 15.9 Å². The van der Waals surface area contributed by atoms with E-state index in [4.69, 9.17) is 10.00 Å². The molecule has 5 heteroatoms. The van der Waals surface area contributed by atoms with Gasteiger partial charge in [-0.1, -0.05) is 12.1 Å². The second kappa shape index (κ2) is 5.89. The molecular weight excluding hydrogens is 306 g/mol.